The fourth-order valence-corrected chi connectivity index (χ4v) is 2.28. The van der Waals surface area contributed by atoms with E-state index in [1.54, 1.807) is 0 Å². The molecule has 0 aliphatic carbocycles. The molecule has 0 heterocycles. The zero-order chi connectivity index (χ0) is 13.0. The largest absolute Gasteiger partial charge is 0.313 e. The smallest absolute Gasteiger partial charge is 0.0450 e. The molecule has 0 fully saturated rings. The maximum atomic E-state index is 3.50. The molecule has 1 atom stereocenters. The van der Waals surface area contributed by atoms with Crippen LogP contribution >= 0.6 is 0 Å². The van der Waals surface area contributed by atoms with Gasteiger partial charge in [0, 0.05) is 18.6 Å². The van der Waals surface area contributed by atoms with Crippen molar-refractivity contribution in [2.45, 2.75) is 25.9 Å². The molecular weight excluding hydrogens is 220 g/mol. The molecule has 18 heavy (non-hydrogen) atoms. The Morgan fingerprint density at radius 3 is 2.44 bits per heavy atom. The molecule has 0 aromatic heterocycles. The predicted molar refractivity (Wildman–Crippen MR) is 78.9 cm³/mol. The zero-order valence-corrected chi connectivity index (χ0v) is 11.4. The molecule has 2 N–H and O–H groups in total. The van der Waals surface area contributed by atoms with Gasteiger partial charge in [0.2, 0.25) is 0 Å². The molecule has 0 bridgehead atoms. The summed E-state index contributed by atoms with van der Waals surface area (Å²) >= 11 is 0. The lowest BCUT2D eigenvalue weighted by Crippen LogP contribution is -2.33. The van der Waals surface area contributed by atoms with E-state index in [0.29, 0.717) is 12.1 Å². The van der Waals surface area contributed by atoms with E-state index in [9.17, 15) is 0 Å². The normalized spacial score (nSPS) is 13.1. The molecule has 1 unspecified atom stereocenters. The molecule has 2 rings (SSSR count). The van der Waals surface area contributed by atoms with Gasteiger partial charge in [0.1, 0.15) is 0 Å². The van der Waals surface area contributed by atoms with Crippen LogP contribution in [0.4, 0.5) is 0 Å². The maximum absolute atomic E-state index is 3.50. The van der Waals surface area contributed by atoms with Crippen molar-refractivity contribution >= 4 is 10.8 Å². The summed E-state index contributed by atoms with van der Waals surface area (Å²) in [6.45, 7) is 5.30. The van der Waals surface area contributed by atoms with E-state index in [4.69, 9.17) is 0 Å². The van der Waals surface area contributed by atoms with Crippen molar-refractivity contribution in [1.82, 2.24) is 10.6 Å². The average molecular weight is 242 g/mol. The van der Waals surface area contributed by atoms with Crippen LogP contribution in [0.15, 0.2) is 42.5 Å². The van der Waals surface area contributed by atoms with E-state index in [1.807, 2.05) is 7.05 Å². The van der Waals surface area contributed by atoms with Gasteiger partial charge in [-0.05, 0) is 23.4 Å². The van der Waals surface area contributed by atoms with Crippen LogP contribution in [0, 0.1) is 0 Å². The molecule has 2 aromatic rings. The highest BCUT2D eigenvalue weighted by atomic mass is 15.0. The van der Waals surface area contributed by atoms with Crippen LogP contribution < -0.4 is 10.6 Å². The standard InChI is InChI=1S/C16H22N2/c1-12(2)18-11-16(17-3)15-10-6-8-13-7-4-5-9-14(13)15/h4-10,12,16-18H,11H2,1-3H3. The third-order valence-corrected chi connectivity index (χ3v) is 3.28. The second kappa shape index (κ2) is 5.98. The van der Waals surface area contributed by atoms with Gasteiger partial charge in [0.25, 0.3) is 0 Å². The fraction of sp³-hybridized carbons (Fsp3) is 0.375. The molecular formula is C16H22N2. The number of benzene rings is 2. The summed E-state index contributed by atoms with van der Waals surface area (Å²) in [5, 5.41) is 9.54. The highest BCUT2D eigenvalue weighted by Gasteiger charge is 2.12. The fourth-order valence-electron chi connectivity index (χ4n) is 2.28. The molecule has 0 radical (unpaired) electrons. The molecule has 0 saturated carbocycles. The molecule has 96 valence electrons. The van der Waals surface area contributed by atoms with Gasteiger partial charge in [-0.15, -0.1) is 0 Å². The first-order chi connectivity index (χ1) is 8.72. The van der Waals surface area contributed by atoms with E-state index in [0.717, 1.165) is 6.54 Å². The quantitative estimate of drug-likeness (QED) is 0.842. The molecule has 0 aliphatic rings. The van der Waals surface area contributed by atoms with E-state index < -0.39 is 0 Å². The Balaban J connectivity index is 2.32. The molecule has 2 heteroatoms. The molecule has 2 nitrogen and oxygen atoms in total. The Bertz CT molecular complexity index is 500. The van der Waals surface area contributed by atoms with Crippen molar-refractivity contribution in [1.29, 1.82) is 0 Å². The Morgan fingerprint density at radius 1 is 1.00 bits per heavy atom. The average Bonchev–Trinajstić information content (AvgIpc) is 2.39. The molecule has 2 aromatic carbocycles. The Labute approximate surface area is 109 Å². The zero-order valence-electron chi connectivity index (χ0n) is 11.4. The number of rotatable bonds is 5. The Kier molecular flexibility index (Phi) is 4.34. The van der Waals surface area contributed by atoms with Crippen molar-refractivity contribution in [3.8, 4) is 0 Å². The predicted octanol–water partition coefficient (Wildman–Crippen LogP) is 3.10. The Morgan fingerprint density at radius 2 is 1.72 bits per heavy atom. The van der Waals surface area contributed by atoms with Gasteiger partial charge in [-0.25, -0.2) is 0 Å². The van der Waals surface area contributed by atoms with Crippen LogP contribution in [0.5, 0.6) is 0 Å². The van der Waals surface area contributed by atoms with Crippen LogP contribution in [0.25, 0.3) is 10.8 Å². The lowest BCUT2D eigenvalue weighted by atomic mass is 9.98. The van der Waals surface area contributed by atoms with Gasteiger partial charge >= 0.3 is 0 Å². The number of hydrogen-bond donors (Lipinski definition) is 2. The minimum Gasteiger partial charge on any atom is -0.313 e. The summed E-state index contributed by atoms with van der Waals surface area (Å²) in [5.41, 5.74) is 1.36. The third kappa shape index (κ3) is 2.89. The van der Waals surface area contributed by atoms with Gasteiger partial charge in [-0.2, -0.15) is 0 Å². The van der Waals surface area contributed by atoms with Crippen LogP contribution in [-0.2, 0) is 0 Å². The second-order valence-electron chi connectivity index (χ2n) is 4.97. The van der Waals surface area contributed by atoms with Crippen LogP contribution in [0.3, 0.4) is 0 Å². The van der Waals surface area contributed by atoms with Crippen molar-refractivity contribution in [3.05, 3.63) is 48.0 Å². The van der Waals surface area contributed by atoms with E-state index >= 15 is 0 Å². The van der Waals surface area contributed by atoms with E-state index in [-0.39, 0.29) is 0 Å². The topological polar surface area (TPSA) is 24.1 Å². The summed E-state index contributed by atoms with van der Waals surface area (Å²) in [6.07, 6.45) is 0. The van der Waals surface area contributed by atoms with E-state index in [1.165, 1.54) is 16.3 Å². The minimum atomic E-state index is 0.346. The SMILES string of the molecule is CNC(CNC(C)C)c1cccc2ccccc12. The third-order valence-electron chi connectivity index (χ3n) is 3.28. The number of likely N-dealkylation sites (N-methyl/N-ethyl adjacent to an activating group) is 1. The number of hydrogen-bond acceptors (Lipinski definition) is 2. The molecule has 0 saturated heterocycles. The van der Waals surface area contributed by atoms with E-state index in [2.05, 4.69) is 66.9 Å². The van der Waals surface area contributed by atoms with Gasteiger partial charge in [-0.1, -0.05) is 56.3 Å². The van der Waals surface area contributed by atoms with Crippen LogP contribution in [0.1, 0.15) is 25.5 Å². The Hall–Kier alpha value is -1.38. The summed E-state index contributed by atoms with van der Waals surface area (Å²) in [6, 6.07) is 15.9. The lowest BCUT2D eigenvalue weighted by molar-refractivity contribution is 0.493. The van der Waals surface area contributed by atoms with Crippen molar-refractivity contribution in [3.63, 3.8) is 0 Å². The first-order valence-electron chi connectivity index (χ1n) is 6.60. The summed E-state index contributed by atoms with van der Waals surface area (Å²) in [4.78, 5) is 0. The second-order valence-corrected chi connectivity index (χ2v) is 4.97. The number of fused-ring (bicyclic) bond motifs is 1. The van der Waals surface area contributed by atoms with Gasteiger partial charge in [0.15, 0.2) is 0 Å². The minimum absolute atomic E-state index is 0.346. The van der Waals surface area contributed by atoms with Gasteiger partial charge in [0.05, 0.1) is 0 Å². The monoisotopic (exact) mass is 242 g/mol. The first-order valence-corrected chi connectivity index (χ1v) is 6.60. The highest BCUT2D eigenvalue weighted by molar-refractivity contribution is 5.86. The summed E-state index contributed by atoms with van der Waals surface area (Å²) < 4.78 is 0. The van der Waals surface area contributed by atoms with Crippen molar-refractivity contribution < 1.29 is 0 Å². The summed E-state index contributed by atoms with van der Waals surface area (Å²) in [5.74, 6) is 0. The molecule has 0 spiro atoms. The summed E-state index contributed by atoms with van der Waals surface area (Å²) in [7, 11) is 2.02. The maximum Gasteiger partial charge on any atom is 0.0450 e. The van der Waals surface area contributed by atoms with Crippen LogP contribution in [-0.4, -0.2) is 19.6 Å². The number of nitrogens with one attached hydrogen (secondary N) is 2. The highest BCUT2D eigenvalue weighted by Crippen LogP contribution is 2.23. The van der Waals surface area contributed by atoms with Crippen molar-refractivity contribution in [2.75, 3.05) is 13.6 Å². The van der Waals surface area contributed by atoms with Crippen molar-refractivity contribution in [2.24, 2.45) is 0 Å². The molecule has 0 amide bonds. The lowest BCUT2D eigenvalue weighted by Gasteiger charge is -2.20. The molecule has 0 aliphatic heterocycles. The van der Waals surface area contributed by atoms with Gasteiger partial charge in [-0.3, -0.25) is 0 Å². The van der Waals surface area contributed by atoms with Crippen LogP contribution in [0.2, 0.25) is 0 Å². The first kappa shape index (κ1) is 13.1. The van der Waals surface area contributed by atoms with Gasteiger partial charge < -0.3 is 10.6 Å².